The third kappa shape index (κ3) is 3.54. The van der Waals surface area contributed by atoms with Crippen molar-refractivity contribution in [3.05, 3.63) is 70.5 Å². The van der Waals surface area contributed by atoms with Gasteiger partial charge in [-0.05, 0) is 69.2 Å². The minimum absolute atomic E-state index is 0.197. The quantitative estimate of drug-likeness (QED) is 0.670. The summed E-state index contributed by atoms with van der Waals surface area (Å²) in [4.78, 5) is 0. The number of methoxy groups -OCH3 is 1. The third-order valence-corrected chi connectivity index (χ3v) is 5.80. The summed E-state index contributed by atoms with van der Waals surface area (Å²) in [5, 5.41) is 2.40. The van der Waals surface area contributed by atoms with Crippen LogP contribution in [0.2, 0.25) is 0 Å². The Morgan fingerprint density at radius 1 is 0.967 bits per heavy atom. The van der Waals surface area contributed by atoms with Gasteiger partial charge in [0.05, 0.1) is 31.7 Å². The van der Waals surface area contributed by atoms with Crippen LogP contribution in [-0.4, -0.2) is 24.9 Å². The summed E-state index contributed by atoms with van der Waals surface area (Å²) in [6, 6.07) is 13.2. The predicted molar refractivity (Wildman–Crippen MR) is 118 cm³/mol. The standard InChI is InChI=1S/C25H30N2O3/c1-6-29-23-13-18-15-26-25(19-11-17(4)22(28-5)12-16(19)3)20-9-8-10-27(20)21(18)14-24(23)30-7-2/h8-14,25-26H,6-7,15H2,1-5H3/p+1/t25-/m1/s1. The molecule has 0 fully saturated rings. The molecule has 1 atom stereocenters. The lowest BCUT2D eigenvalue weighted by atomic mass is 9.96. The van der Waals surface area contributed by atoms with Crippen LogP contribution < -0.4 is 19.5 Å². The molecular formula is C25H31N2O3+. The van der Waals surface area contributed by atoms with E-state index in [4.69, 9.17) is 14.2 Å². The number of rotatable bonds is 6. The van der Waals surface area contributed by atoms with Crippen LogP contribution in [0.5, 0.6) is 17.2 Å². The highest BCUT2D eigenvalue weighted by Gasteiger charge is 2.29. The number of benzene rings is 2. The van der Waals surface area contributed by atoms with Crippen LogP contribution >= 0.6 is 0 Å². The van der Waals surface area contributed by atoms with Crippen LogP contribution in [-0.2, 0) is 6.54 Å². The first-order valence-corrected chi connectivity index (χ1v) is 10.7. The topological polar surface area (TPSA) is 49.2 Å². The Morgan fingerprint density at radius 3 is 2.40 bits per heavy atom. The molecular weight excluding hydrogens is 376 g/mol. The van der Waals surface area contributed by atoms with Crippen LogP contribution in [0.4, 0.5) is 0 Å². The molecule has 1 aliphatic rings. The average molecular weight is 408 g/mol. The molecule has 0 aliphatic carbocycles. The Morgan fingerprint density at radius 2 is 1.70 bits per heavy atom. The summed E-state index contributed by atoms with van der Waals surface area (Å²) in [6.45, 7) is 10.4. The summed E-state index contributed by atoms with van der Waals surface area (Å²) < 4.78 is 19.6. The van der Waals surface area contributed by atoms with E-state index < -0.39 is 0 Å². The number of hydrogen-bond donors (Lipinski definition) is 1. The third-order valence-electron chi connectivity index (χ3n) is 5.80. The maximum Gasteiger partial charge on any atom is 0.163 e. The minimum Gasteiger partial charge on any atom is -0.496 e. The van der Waals surface area contributed by atoms with Gasteiger partial charge in [-0.3, -0.25) is 0 Å². The molecule has 3 aromatic rings. The average Bonchev–Trinajstić information content (AvgIpc) is 3.16. The molecule has 2 N–H and O–H groups in total. The number of ether oxygens (including phenoxy) is 3. The van der Waals surface area contributed by atoms with Gasteiger partial charge < -0.3 is 24.1 Å². The first-order chi connectivity index (χ1) is 14.6. The van der Waals surface area contributed by atoms with E-state index in [0.29, 0.717) is 13.2 Å². The molecule has 0 saturated heterocycles. The number of aromatic nitrogens is 1. The van der Waals surface area contributed by atoms with Gasteiger partial charge in [-0.15, -0.1) is 0 Å². The zero-order valence-corrected chi connectivity index (χ0v) is 18.5. The Labute approximate surface area is 178 Å². The van der Waals surface area contributed by atoms with Crippen molar-refractivity contribution in [2.45, 2.75) is 40.3 Å². The molecule has 1 aliphatic heterocycles. The summed E-state index contributed by atoms with van der Waals surface area (Å²) in [5.74, 6) is 2.55. The van der Waals surface area contributed by atoms with E-state index in [1.54, 1.807) is 7.11 Å². The smallest absolute Gasteiger partial charge is 0.163 e. The van der Waals surface area contributed by atoms with Crippen LogP contribution in [0.15, 0.2) is 42.6 Å². The second kappa shape index (κ2) is 8.44. The van der Waals surface area contributed by atoms with Crippen molar-refractivity contribution in [3.8, 4) is 22.9 Å². The largest absolute Gasteiger partial charge is 0.496 e. The molecule has 0 radical (unpaired) electrons. The van der Waals surface area contributed by atoms with Gasteiger partial charge in [0.25, 0.3) is 0 Å². The van der Waals surface area contributed by atoms with E-state index in [0.717, 1.165) is 35.0 Å². The lowest BCUT2D eigenvalue weighted by molar-refractivity contribution is -0.702. The Kier molecular flexibility index (Phi) is 5.73. The molecule has 0 amide bonds. The molecule has 0 unspecified atom stereocenters. The van der Waals surface area contributed by atoms with Crippen molar-refractivity contribution in [2.24, 2.45) is 0 Å². The molecule has 0 saturated carbocycles. The van der Waals surface area contributed by atoms with E-state index >= 15 is 0 Å². The van der Waals surface area contributed by atoms with Crippen LogP contribution in [0.1, 0.15) is 47.8 Å². The Bertz CT molecular complexity index is 1050. The van der Waals surface area contributed by atoms with Gasteiger partial charge in [-0.1, -0.05) is 0 Å². The number of quaternary nitrogens is 1. The molecule has 0 spiro atoms. The Balaban J connectivity index is 1.83. The summed E-state index contributed by atoms with van der Waals surface area (Å²) in [6.07, 6.45) is 2.14. The highest BCUT2D eigenvalue weighted by Crippen LogP contribution is 2.37. The lowest BCUT2D eigenvalue weighted by Gasteiger charge is -2.19. The fourth-order valence-corrected chi connectivity index (χ4v) is 4.40. The van der Waals surface area contributed by atoms with Gasteiger partial charge >= 0.3 is 0 Å². The molecule has 4 rings (SSSR count). The van der Waals surface area contributed by atoms with Gasteiger partial charge in [-0.2, -0.15) is 0 Å². The van der Waals surface area contributed by atoms with Crippen LogP contribution in [0.3, 0.4) is 0 Å². The molecule has 5 heteroatoms. The van der Waals surface area contributed by atoms with Gasteiger partial charge in [0.15, 0.2) is 17.5 Å². The number of nitrogens with two attached hydrogens (primary N) is 1. The van der Waals surface area contributed by atoms with E-state index in [1.165, 1.54) is 22.4 Å². The fraction of sp³-hybridized carbons (Fsp3) is 0.360. The van der Waals surface area contributed by atoms with E-state index in [-0.39, 0.29) is 6.04 Å². The lowest BCUT2D eigenvalue weighted by Crippen LogP contribution is -2.83. The van der Waals surface area contributed by atoms with E-state index in [2.05, 4.69) is 66.3 Å². The van der Waals surface area contributed by atoms with Gasteiger partial charge in [0.2, 0.25) is 0 Å². The Hall–Kier alpha value is -2.92. The second-order valence-corrected chi connectivity index (χ2v) is 7.69. The van der Waals surface area contributed by atoms with E-state index in [9.17, 15) is 0 Å². The molecule has 2 aromatic carbocycles. The normalized spacial score (nSPS) is 15.2. The van der Waals surface area contributed by atoms with Gasteiger partial charge in [-0.25, -0.2) is 0 Å². The second-order valence-electron chi connectivity index (χ2n) is 7.69. The summed E-state index contributed by atoms with van der Waals surface area (Å²) in [7, 11) is 1.73. The molecule has 5 nitrogen and oxygen atoms in total. The molecule has 2 heterocycles. The maximum atomic E-state index is 5.90. The number of fused-ring (bicyclic) bond motifs is 3. The molecule has 0 bridgehead atoms. The number of aryl methyl sites for hydroxylation is 2. The zero-order chi connectivity index (χ0) is 21.3. The van der Waals surface area contributed by atoms with E-state index in [1.807, 2.05) is 13.8 Å². The predicted octanol–water partition coefficient (Wildman–Crippen LogP) is 4.07. The monoisotopic (exact) mass is 407 g/mol. The first kappa shape index (κ1) is 20.4. The zero-order valence-electron chi connectivity index (χ0n) is 18.5. The molecule has 30 heavy (non-hydrogen) atoms. The van der Waals surface area contributed by atoms with Crippen molar-refractivity contribution >= 4 is 0 Å². The van der Waals surface area contributed by atoms with Crippen molar-refractivity contribution in [2.75, 3.05) is 20.3 Å². The van der Waals surface area contributed by atoms with Crippen LogP contribution in [0, 0.1) is 13.8 Å². The highest BCUT2D eigenvalue weighted by molar-refractivity contribution is 5.56. The van der Waals surface area contributed by atoms with Crippen LogP contribution in [0.25, 0.3) is 5.69 Å². The first-order valence-electron chi connectivity index (χ1n) is 10.7. The minimum atomic E-state index is 0.197. The summed E-state index contributed by atoms with van der Waals surface area (Å²) >= 11 is 0. The van der Waals surface area contributed by atoms with Crippen molar-refractivity contribution in [1.29, 1.82) is 0 Å². The summed E-state index contributed by atoms with van der Waals surface area (Å²) in [5.41, 5.74) is 7.36. The molecule has 158 valence electrons. The maximum absolute atomic E-state index is 5.90. The van der Waals surface area contributed by atoms with Crippen molar-refractivity contribution < 1.29 is 19.5 Å². The fourth-order valence-electron chi connectivity index (χ4n) is 4.40. The number of nitrogens with zero attached hydrogens (tertiary/aromatic N) is 1. The molecule has 1 aromatic heterocycles. The van der Waals surface area contributed by atoms with Gasteiger partial charge in [0.1, 0.15) is 12.3 Å². The van der Waals surface area contributed by atoms with Crippen molar-refractivity contribution in [3.63, 3.8) is 0 Å². The van der Waals surface area contributed by atoms with Crippen molar-refractivity contribution in [1.82, 2.24) is 4.57 Å². The number of hydrogen-bond acceptors (Lipinski definition) is 3. The highest BCUT2D eigenvalue weighted by atomic mass is 16.5. The van der Waals surface area contributed by atoms with Gasteiger partial charge in [0, 0.05) is 23.4 Å². The SMILES string of the molecule is CCOc1cc2c(cc1OCC)-n1cccc1[C@@H](c1cc(C)c(OC)cc1C)[NH2+]C2.